The van der Waals surface area contributed by atoms with E-state index in [0.717, 1.165) is 21.9 Å². The Morgan fingerprint density at radius 2 is 1.78 bits per heavy atom. The first-order valence-corrected chi connectivity index (χ1v) is 11.9. The summed E-state index contributed by atoms with van der Waals surface area (Å²) in [6.45, 7) is 4.62. The van der Waals surface area contributed by atoms with Crippen LogP contribution in [0.25, 0.3) is 16.8 Å². The van der Waals surface area contributed by atoms with Crippen LogP contribution in [-0.4, -0.2) is 12.5 Å². The third-order valence-electron chi connectivity index (χ3n) is 5.68. The first-order chi connectivity index (χ1) is 17.5. The molecule has 0 aliphatic carbocycles. The molecule has 36 heavy (non-hydrogen) atoms. The lowest BCUT2D eigenvalue weighted by Gasteiger charge is -2.16. The van der Waals surface area contributed by atoms with Crippen molar-refractivity contribution >= 4 is 40.0 Å². The van der Waals surface area contributed by atoms with Crippen LogP contribution < -0.4 is 14.8 Å². The van der Waals surface area contributed by atoms with Gasteiger partial charge in [0.1, 0.15) is 18.2 Å². The predicted octanol–water partition coefficient (Wildman–Crippen LogP) is 7.33. The van der Waals surface area contributed by atoms with Crippen LogP contribution in [0.1, 0.15) is 23.6 Å². The van der Waals surface area contributed by atoms with Gasteiger partial charge < -0.3 is 14.8 Å². The van der Waals surface area contributed by atoms with Gasteiger partial charge >= 0.3 is 0 Å². The fourth-order valence-corrected chi connectivity index (χ4v) is 4.16. The van der Waals surface area contributed by atoms with Gasteiger partial charge in [0.05, 0.1) is 11.6 Å². The van der Waals surface area contributed by atoms with Gasteiger partial charge in [-0.2, -0.15) is 5.26 Å². The summed E-state index contributed by atoms with van der Waals surface area (Å²) < 4.78 is 12.0. The van der Waals surface area contributed by atoms with E-state index < -0.39 is 5.91 Å². The Kier molecular flexibility index (Phi) is 7.89. The molecule has 1 amide bonds. The Bertz CT molecular complexity index is 1470. The number of carbonyl (C=O) groups excluding carboxylic acids is 1. The number of anilines is 1. The minimum Gasteiger partial charge on any atom is -0.490 e. The SMILES string of the molecule is CCOc1cc(/C=C(\C#N)C(=O)Nc2ccccc2)cc(Cl)c1OCc1c(C)ccc2ccccc12. The van der Waals surface area contributed by atoms with E-state index in [9.17, 15) is 10.1 Å². The molecule has 0 aromatic heterocycles. The lowest BCUT2D eigenvalue weighted by Crippen LogP contribution is -2.13. The van der Waals surface area contributed by atoms with E-state index in [-0.39, 0.29) is 5.57 Å². The van der Waals surface area contributed by atoms with E-state index in [1.54, 1.807) is 36.4 Å². The second-order valence-corrected chi connectivity index (χ2v) is 8.53. The quantitative estimate of drug-likeness (QED) is 0.205. The molecule has 0 unspecified atom stereocenters. The number of para-hydroxylation sites is 1. The molecular weight excluding hydrogens is 472 g/mol. The maximum absolute atomic E-state index is 12.6. The van der Waals surface area contributed by atoms with Gasteiger partial charge in [-0.15, -0.1) is 0 Å². The molecular formula is C30H25ClN2O3. The van der Waals surface area contributed by atoms with E-state index in [0.29, 0.717) is 41.0 Å². The Morgan fingerprint density at radius 3 is 2.53 bits per heavy atom. The molecule has 6 heteroatoms. The van der Waals surface area contributed by atoms with Crippen LogP contribution in [0.3, 0.4) is 0 Å². The number of hydrogen-bond donors (Lipinski definition) is 1. The highest BCUT2D eigenvalue weighted by Gasteiger charge is 2.16. The minimum atomic E-state index is -0.510. The number of nitrogens with zero attached hydrogens (tertiary/aromatic N) is 1. The molecule has 0 fully saturated rings. The molecule has 1 N–H and O–H groups in total. The first-order valence-electron chi connectivity index (χ1n) is 11.5. The highest BCUT2D eigenvalue weighted by atomic mass is 35.5. The third kappa shape index (κ3) is 5.68. The average molecular weight is 497 g/mol. The summed E-state index contributed by atoms with van der Waals surface area (Å²) in [6, 6.07) is 26.6. The number of ether oxygens (including phenoxy) is 2. The van der Waals surface area contributed by atoms with E-state index in [1.165, 1.54) is 6.08 Å². The molecule has 0 atom stereocenters. The van der Waals surface area contributed by atoms with Crippen molar-refractivity contribution in [2.75, 3.05) is 11.9 Å². The van der Waals surface area contributed by atoms with Crippen molar-refractivity contribution in [3.8, 4) is 17.6 Å². The van der Waals surface area contributed by atoms with Crippen LogP contribution in [0, 0.1) is 18.3 Å². The van der Waals surface area contributed by atoms with Gasteiger partial charge in [0.25, 0.3) is 5.91 Å². The Hall–Kier alpha value is -4.27. The summed E-state index contributed by atoms with van der Waals surface area (Å²) >= 11 is 6.61. The Morgan fingerprint density at radius 1 is 1.03 bits per heavy atom. The maximum Gasteiger partial charge on any atom is 0.266 e. The molecule has 0 aliphatic heterocycles. The first kappa shape index (κ1) is 24.8. The summed E-state index contributed by atoms with van der Waals surface area (Å²) in [5.41, 5.74) is 3.28. The maximum atomic E-state index is 12.6. The van der Waals surface area contributed by atoms with Crippen LogP contribution in [0.2, 0.25) is 5.02 Å². The number of benzene rings is 4. The molecule has 0 spiro atoms. The summed E-state index contributed by atoms with van der Waals surface area (Å²) in [5.74, 6) is 0.342. The van der Waals surface area contributed by atoms with Crippen molar-refractivity contribution in [3.05, 3.63) is 106 Å². The average Bonchev–Trinajstić information content (AvgIpc) is 2.88. The number of carbonyl (C=O) groups is 1. The molecule has 0 saturated carbocycles. The second-order valence-electron chi connectivity index (χ2n) is 8.12. The van der Waals surface area contributed by atoms with E-state index in [2.05, 4.69) is 29.6 Å². The van der Waals surface area contributed by atoms with Crippen LogP contribution in [0.4, 0.5) is 5.69 Å². The topological polar surface area (TPSA) is 71.3 Å². The van der Waals surface area contributed by atoms with Gasteiger partial charge in [-0.25, -0.2) is 0 Å². The zero-order valence-electron chi connectivity index (χ0n) is 20.0. The smallest absolute Gasteiger partial charge is 0.266 e. The standard InChI is InChI=1S/C30H25ClN2O3/c1-3-35-28-17-21(15-23(18-32)30(34)33-24-10-5-4-6-11-24)16-27(31)29(28)36-19-26-20(2)13-14-22-9-7-8-12-25(22)26/h4-17H,3,19H2,1-2H3,(H,33,34)/b23-15+. The summed E-state index contributed by atoms with van der Waals surface area (Å²) in [7, 11) is 0. The minimum absolute atomic E-state index is 0.0579. The largest absolute Gasteiger partial charge is 0.490 e. The zero-order chi connectivity index (χ0) is 25.5. The highest BCUT2D eigenvalue weighted by Crippen LogP contribution is 2.38. The molecule has 180 valence electrons. The lowest BCUT2D eigenvalue weighted by molar-refractivity contribution is -0.112. The number of hydrogen-bond acceptors (Lipinski definition) is 4. The van der Waals surface area contributed by atoms with E-state index in [4.69, 9.17) is 21.1 Å². The van der Waals surface area contributed by atoms with E-state index >= 15 is 0 Å². The van der Waals surface area contributed by atoms with Crippen molar-refractivity contribution < 1.29 is 14.3 Å². The zero-order valence-corrected chi connectivity index (χ0v) is 20.8. The van der Waals surface area contributed by atoms with Gasteiger partial charge in [0.15, 0.2) is 11.5 Å². The Labute approximate surface area is 215 Å². The number of rotatable bonds is 8. The van der Waals surface area contributed by atoms with Crippen molar-refractivity contribution in [1.29, 1.82) is 5.26 Å². The van der Waals surface area contributed by atoms with Gasteiger partial charge in [-0.1, -0.05) is 66.2 Å². The van der Waals surface area contributed by atoms with Gasteiger partial charge in [0, 0.05) is 11.3 Å². The highest BCUT2D eigenvalue weighted by molar-refractivity contribution is 6.32. The van der Waals surface area contributed by atoms with Crippen molar-refractivity contribution in [2.24, 2.45) is 0 Å². The van der Waals surface area contributed by atoms with Crippen molar-refractivity contribution in [2.45, 2.75) is 20.5 Å². The molecule has 0 bridgehead atoms. The summed E-state index contributed by atoms with van der Waals surface area (Å²) in [5, 5.41) is 14.9. The van der Waals surface area contributed by atoms with Gasteiger partial charge in [-0.05, 0) is 66.1 Å². The van der Waals surface area contributed by atoms with Crippen molar-refractivity contribution in [3.63, 3.8) is 0 Å². The number of fused-ring (bicyclic) bond motifs is 1. The lowest BCUT2D eigenvalue weighted by atomic mass is 10.0. The van der Waals surface area contributed by atoms with Gasteiger partial charge in [0.2, 0.25) is 0 Å². The molecule has 5 nitrogen and oxygen atoms in total. The summed E-state index contributed by atoms with van der Waals surface area (Å²) in [4.78, 5) is 12.6. The number of halogens is 1. The van der Waals surface area contributed by atoms with Crippen LogP contribution in [0.15, 0.2) is 84.4 Å². The molecule has 4 rings (SSSR count). The fourth-order valence-electron chi connectivity index (χ4n) is 3.89. The number of amides is 1. The number of aryl methyl sites for hydroxylation is 1. The predicted molar refractivity (Wildman–Crippen MR) is 144 cm³/mol. The van der Waals surface area contributed by atoms with Crippen molar-refractivity contribution in [1.82, 2.24) is 0 Å². The van der Waals surface area contributed by atoms with Gasteiger partial charge in [-0.3, -0.25) is 4.79 Å². The summed E-state index contributed by atoms with van der Waals surface area (Å²) in [6.07, 6.45) is 1.48. The molecule has 0 heterocycles. The molecule has 4 aromatic carbocycles. The fraction of sp³-hybridized carbons (Fsp3) is 0.133. The van der Waals surface area contributed by atoms with Crippen LogP contribution in [0.5, 0.6) is 11.5 Å². The molecule has 0 saturated heterocycles. The monoisotopic (exact) mass is 496 g/mol. The number of nitriles is 1. The van der Waals surface area contributed by atoms with Crippen LogP contribution in [-0.2, 0) is 11.4 Å². The number of nitrogens with one attached hydrogen (secondary N) is 1. The normalized spacial score (nSPS) is 11.1. The molecule has 0 aliphatic rings. The molecule has 0 radical (unpaired) electrons. The van der Waals surface area contributed by atoms with Crippen LogP contribution >= 0.6 is 11.6 Å². The Balaban J connectivity index is 1.62. The molecule has 4 aromatic rings. The second kappa shape index (κ2) is 11.4. The van der Waals surface area contributed by atoms with E-state index in [1.807, 2.05) is 38.1 Å². The third-order valence-corrected chi connectivity index (χ3v) is 5.96.